The van der Waals surface area contributed by atoms with Gasteiger partial charge in [0.2, 0.25) is 0 Å². The highest BCUT2D eigenvalue weighted by atomic mass is 14.3. The molecule has 0 spiro atoms. The lowest BCUT2D eigenvalue weighted by molar-refractivity contribution is 0.304. The minimum Gasteiger partial charge on any atom is -0.0951 e. The SMILES string of the molecule is CCCCc1ccc([C@H]2CC[C@H](C#CC=C[C@H]3CC[C@H](CC)CC3)CC2)cc1. The number of rotatable bonds is 6. The Morgan fingerprint density at radius 2 is 1.61 bits per heavy atom. The third-order valence-corrected chi connectivity index (χ3v) is 7.21. The molecule has 0 atom stereocenters. The zero-order chi connectivity index (χ0) is 19.6. The lowest BCUT2D eigenvalue weighted by Crippen LogP contribution is -2.12. The molecular weight excluding hydrogens is 336 g/mol. The Morgan fingerprint density at radius 1 is 0.893 bits per heavy atom. The number of benzene rings is 1. The van der Waals surface area contributed by atoms with Gasteiger partial charge in [-0.1, -0.05) is 68.9 Å². The van der Waals surface area contributed by atoms with E-state index in [1.54, 1.807) is 5.56 Å². The topological polar surface area (TPSA) is 0 Å². The molecule has 152 valence electrons. The van der Waals surface area contributed by atoms with Crippen LogP contribution in [0.15, 0.2) is 36.4 Å². The van der Waals surface area contributed by atoms with Crippen molar-refractivity contribution in [2.24, 2.45) is 17.8 Å². The van der Waals surface area contributed by atoms with E-state index in [4.69, 9.17) is 0 Å². The maximum Gasteiger partial charge on any atom is 0.0206 e. The molecule has 2 saturated carbocycles. The summed E-state index contributed by atoms with van der Waals surface area (Å²) in [6.07, 6.45) is 20.5. The molecule has 0 N–H and O–H groups in total. The molecule has 0 radical (unpaired) electrons. The Labute approximate surface area is 174 Å². The van der Waals surface area contributed by atoms with Gasteiger partial charge in [0.05, 0.1) is 0 Å². The van der Waals surface area contributed by atoms with Crippen molar-refractivity contribution in [3.05, 3.63) is 47.5 Å². The first-order valence-corrected chi connectivity index (χ1v) is 12.0. The molecule has 0 unspecified atom stereocenters. The van der Waals surface area contributed by atoms with Crippen molar-refractivity contribution in [3.63, 3.8) is 0 Å². The number of unbranched alkanes of at least 4 members (excludes halogenated alkanes) is 1. The fraction of sp³-hybridized carbons (Fsp3) is 0.643. The van der Waals surface area contributed by atoms with Gasteiger partial charge >= 0.3 is 0 Å². The molecule has 0 amide bonds. The van der Waals surface area contributed by atoms with Crippen molar-refractivity contribution < 1.29 is 0 Å². The lowest BCUT2D eigenvalue weighted by Gasteiger charge is -2.26. The van der Waals surface area contributed by atoms with Crippen LogP contribution in [0.2, 0.25) is 0 Å². The van der Waals surface area contributed by atoms with Crippen LogP contribution >= 0.6 is 0 Å². The minimum absolute atomic E-state index is 0.612. The molecule has 2 aliphatic rings. The number of hydrogen-bond donors (Lipinski definition) is 0. The average molecular weight is 377 g/mol. The van der Waals surface area contributed by atoms with E-state index < -0.39 is 0 Å². The summed E-state index contributed by atoms with van der Waals surface area (Å²) >= 11 is 0. The quantitative estimate of drug-likeness (QED) is 0.440. The van der Waals surface area contributed by atoms with E-state index in [-0.39, 0.29) is 0 Å². The highest BCUT2D eigenvalue weighted by molar-refractivity contribution is 5.26. The van der Waals surface area contributed by atoms with Crippen molar-refractivity contribution in [3.8, 4) is 11.8 Å². The third kappa shape index (κ3) is 6.55. The normalized spacial score (nSPS) is 28.1. The molecule has 0 bridgehead atoms. The first-order chi connectivity index (χ1) is 13.8. The van der Waals surface area contributed by atoms with Crippen molar-refractivity contribution >= 4 is 0 Å². The Balaban J connectivity index is 1.40. The van der Waals surface area contributed by atoms with E-state index in [1.807, 2.05) is 0 Å². The summed E-state index contributed by atoms with van der Waals surface area (Å²) in [5.41, 5.74) is 3.05. The van der Waals surface area contributed by atoms with Crippen LogP contribution in [0.1, 0.15) is 102 Å². The number of aryl methyl sites for hydroxylation is 1. The summed E-state index contributed by atoms with van der Waals surface area (Å²) in [7, 11) is 0. The first-order valence-electron chi connectivity index (χ1n) is 12.0. The molecule has 1 aromatic rings. The smallest absolute Gasteiger partial charge is 0.0206 e. The van der Waals surface area contributed by atoms with Crippen LogP contribution in [0.3, 0.4) is 0 Å². The molecule has 2 aliphatic carbocycles. The highest BCUT2D eigenvalue weighted by Crippen LogP contribution is 2.35. The van der Waals surface area contributed by atoms with Crippen molar-refractivity contribution in [1.29, 1.82) is 0 Å². The second-order valence-electron chi connectivity index (χ2n) is 9.23. The predicted molar refractivity (Wildman–Crippen MR) is 122 cm³/mol. The van der Waals surface area contributed by atoms with E-state index in [1.165, 1.54) is 82.6 Å². The van der Waals surface area contributed by atoms with E-state index >= 15 is 0 Å². The van der Waals surface area contributed by atoms with Gasteiger partial charge in [0.1, 0.15) is 0 Å². The fourth-order valence-corrected chi connectivity index (χ4v) is 5.05. The molecule has 2 fully saturated rings. The zero-order valence-electron chi connectivity index (χ0n) is 18.3. The second-order valence-corrected chi connectivity index (χ2v) is 9.23. The summed E-state index contributed by atoms with van der Waals surface area (Å²) in [5.74, 6) is 10.1. The third-order valence-electron chi connectivity index (χ3n) is 7.21. The molecule has 0 saturated heterocycles. The van der Waals surface area contributed by atoms with Gasteiger partial charge in [0.25, 0.3) is 0 Å². The number of allylic oxidation sites excluding steroid dienone is 2. The Morgan fingerprint density at radius 3 is 2.25 bits per heavy atom. The van der Waals surface area contributed by atoms with Crippen molar-refractivity contribution in [2.75, 3.05) is 0 Å². The minimum atomic E-state index is 0.612. The van der Waals surface area contributed by atoms with Crippen LogP contribution in [-0.4, -0.2) is 0 Å². The molecule has 28 heavy (non-hydrogen) atoms. The van der Waals surface area contributed by atoms with Gasteiger partial charge in [-0.2, -0.15) is 0 Å². The Hall–Kier alpha value is -1.48. The Kier molecular flexibility index (Phi) is 8.72. The highest BCUT2D eigenvalue weighted by Gasteiger charge is 2.21. The molecule has 1 aromatic carbocycles. The largest absolute Gasteiger partial charge is 0.0951 e. The maximum atomic E-state index is 3.55. The van der Waals surface area contributed by atoms with Crippen LogP contribution in [0, 0.1) is 29.6 Å². The number of hydrogen-bond acceptors (Lipinski definition) is 0. The standard InChI is InChI=1S/C28H40/c1-3-5-8-24-15-19-27(20-16-24)28-21-17-26(18-22-28)10-7-6-9-25-13-11-23(4-2)12-14-25/h6,9,15-16,19-20,23,25-26,28H,3-5,8,11-14,17-18,21-22H2,1-2H3/t23-,25-,26-,28-. The van der Waals surface area contributed by atoms with Crippen LogP contribution in [-0.2, 0) is 6.42 Å². The summed E-state index contributed by atoms with van der Waals surface area (Å²) in [6, 6.07) is 9.49. The van der Waals surface area contributed by atoms with Crippen LogP contribution in [0.4, 0.5) is 0 Å². The predicted octanol–water partition coefficient (Wildman–Crippen LogP) is 8.08. The van der Waals surface area contributed by atoms with Crippen LogP contribution < -0.4 is 0 Å². The van der Waals surface area contributed by atoms with Gasteiger partial charge in [-0.15, -0.1) is 0 Å². The fourth-order valence-electron chi connectivity index (χ4n) is 5.05. The molecule has 3 rings (SSSR count). The van der Waals surface area contributed by atoms with Gasteiger partial charge in [0, 0.05) is 5.92 Å². The summed E-state index contributed by atoms with van der Waals surface area (Å²) < 4.78 is 0. The summed E-state index contributed by atoms with van der Waals surface area (Å²) in [6.45, 7) is 4.60. The molecule has 0 aromatic heterocycles. The monoisotopic (exact) mass is 376 g/mol. The van der Waals surface area contributed by atoms with Gasteiger partial charge in [-0.3, -0.25) is 0 Å². The maximum absolute atomic E-state index is 3.55. The molecule has 0 heteroatoms. The molecule has 0 heterocycles. The molecular formula is C28H40. The molecule has 0 nitrogen and oxygen atoms in total. The molecule has 0 aliphatic heterocycles. The zero-order valence-corrected chi connectivity index (χ0v) is 18.3. The lowest BCUT2D eigenvalue weighted by atomic mass is 9.78. The van der Waals surface area contributed by atoms with E-state index in [9.17, 15) is 0 Å². The summed E-state index contributed by atoms with van der Waals surface area (Å²) in [5, 5.41) is 0. The summed E-state index contributed by atoms with van der Waals surface area (Å²) in [4.78, 5) is 0. The first kappa shape index (κ1) is 21.2. The van der Waals surface area contributed by atoms with Gasteiger partial charge in [-0.05, 0) is 99.2 Å². The van der Waals surface area contributed by atoms with Crippen LogP contribution in [0.5, 0.6) is 0 Å². The van der Waals surface area contributed by atoms with Gasteiger partial charge in [0.15, 0.2) is 0 Å². The Bertz CT molecular complexity index is 638. The van der Waals surface area contributed by atoms with Gasteiger partial charge < -0.3 is 0 Å². The van der Waals surface area contributed by atoms with E-state index in [2.05, 4.69) is 62.1 Å². The average Bonchev–Trinajstić information content (AvgIpc) is 2.76. The van der Waals surface area contributed by atoms with Crippen LogP contribution in [0.25, 0.3) is 0 Å². The second kappa shape index (κ2) is 11.5. The van der Waals surface area contributed by atoms with Gasteiger partial charge in [-0.25, -0.2) is 0 Å². The van der Waals surface area contributed by atoms with E-state index in [0.717, 1.165) is 17.8 Å². The van der Waals surface area contributed by atoms with Crippen molar-refractivity contribution in [1.82, 2.24) is 0 Å². The van der Waals surface area contributed by atoms with E-state index in [0.29, 0.717) is 5.92 Å². The van der Waals surface area contributed by atoms with Crippen molar-refractivity contribution in [2.45, 2.75) is 96.8 Å².